The fourth-order valence-electron chi connectivity index (χ4n) is 3.83. The van der Waals surface area contributed by atoms with Crippen molar-refractivity contribution in [3.63, 3.8) is 0 Å². The van der Waals surface area contributed by atoms with Gasteiger partial charge in [0, 0.05) is 0 Å². The average Bonchev–Trinajstić information content (AvgIpc) is 2.68. The normalized spacial score (nSPS) is 10.6. The van der Waals surface area contributed by atoms with E-state index in [0.29, 0.717) is 0 Å². The van der Waals surface area contributed by atoms with Crippen LogP contribution in [0.5, 0.6) is 0 Å². The molecule has 0 saturated heterocycles. The molecule has 0 aliphatic rings. The molecular formula is C27H26. The van der Waals surface area contributed by atoms with Gasteiger partial charge in [-0.2, -0.15) is 0 Å². The zero-order valence-corrected chi connectivity index (χ0v) is 14.2. The second-order valence-corrected chi connectivity index (χ2v) is 6.72. The van der Waals surface area contributed by atoms with Gasteiger partial charge in [0.05, 0.1) is 0 Å². The third kappa shape index (κ3) is 2.98. The highest BCUT2D eigenvalue weighted by atomic mass is 14.1. The summed E-state index contributed by atoms with van der Waals surface area (Å²) >= 11 is 0. The Bertz CT molecular complexity index is 1190. The molecule has 0 unspecified atom stereocenters. The molecule has 0 nitrogen and oxygen atoms in total. The zero-order valence-electron chi connectivity index (χ0n) is 14.2. The largest absolute Gasteiger partial charge is 0.0776 e. The van der Waals surface area contributed by atoms with Gasteiger partial charge in [-0.05, 0) is 56.4 Å². The Morgan fingerprint density at radius 1 is 0.407 bits per heavy atom. The van der Waals surface area contributed by atoms with Crippen LogP contribution in [0.25, 0.3) is 43.4 Å². The molecular weight excluding hydrogens is 324 g/mol. The van der Waals surface area contributed by atoms with E-state index < -0.39 is 0 Å². The first kappa shape index (κ1) is 18.7. The summed E-state index contributed by atoms with van der Waals surface area (Å²) in [7, 11) is 0. The quantitative estimate of drug-likeness (QED) is 0.266. The lowest BCUT2D eigenvalue weighted by Crippen LogP contribution is -1.85. The molecule has 5 aromatic rings. The molecule has 0 atom stereocenters. The fourth-order valence-corrected chi connectivity index (χ4v) is 3.83. The van der Waals surface area contributed by atoms with Crippen molar-refractivity contribution >= 4 is 32.3 Å². The molecule has 134 valence electrons. The smallest absolute Gasteiger partial charge is 0.00928 e. The summed E-state index contributed by atoms with van der Waals surface area (Å²) in [6.07, 6.45) is 0. The second kappa shape index (κ2) is 7.25. The summed E-state index contributed by atoms with van der Waals surface area (Å²) < 4.78 is 0. The molecule has 0 aliphatic heterocycles. The number of fused-ring (bicyclic) bond motifs is 6. The number of hydrogen-bond acceptors (Lipinski definition) is 0. The van der Waals surface area contributed by atoms with Crippen LogP contribution in [-0.2, 0) is 0 Å². The minimum Gasteiger partial charge on any atom is -0.0776 e. The van der Waals surface area contributed by atoms with Crippen molar-refractivity contribution in [1.82, 2.24) is 0 Å². The lowest BCUT2D eigenvalue weighted by Gasteiger charge is -2.12. The molecule has 5 rings (SSSR count). The van der Waals surface area contributed by atoms with E-state index in [4.69, 9.17) is 0 Å². The summed E-state index contributed by atoms with van der Waals surface area (Å²) in [6.45, 7) is 2.13. The number of benzene rings is 5. The maximum atomic E-state index is 2.34. The first-order valence-electron chi connectivity index (χ1n) is 8.71. The highest BCUT2D eigenvalue weighted by Gasteiger charge is 2.09. The molecule has 0 spiro atoms. The maximum Gasteiger partial charge on any atom is -0.00928 e. The predicted octanol–water partition coefficient (Wildman–Crippen LogP) is 8.39. The van der Waals surface area contributed by atoms with Gasteiger partial charge in [0.25, 0.3) is 0 Å². The molecule has 0 N–H and O–H groups in total. The monoisotopic (exact) mass is 350 g/mol. The van der Waals surface area contributed by atoms with Gasteiger partial charge < -0.3 is 0 Å². The van der Waals surface area contributed by atoms with Crippen LogP contribution in [0.3, 0.4) is 0 Å². The molecule has 5 aromatic carbocycles. The first-order valence-corrected chi connectivity index (χ1v) is 8.71. The Kier molecular flexibility index (Phi) is 5.01. The van der Waals surface area contributed by atoms with Crippen molar-refractivity contribution in [2.75, 3.05) is 0 Å². The summed E-state index contributed by atoms with van der Waals surface area (Å²) in [5.74, 6) is 0. The van der Waals surface area contributed by atoms with Crippen LogP contribution < -0.4 is 0 Å². The molecule has 0 aromatic heterocycles. The SMILES string of the molecule is C.C.Cc1ccc(-c2ccc3c4ccccc4c4ccccc4c3c2)cc1. The van der Waals surface area contributed by atoms with Gasteiger partial charge in [0.15, 0.2) is 0 Å². The van der Waals surface area contributed by atoms with E-state index in [9.17, 15) is 0 Å². The van der Waals surface area contributed by atoms with Crippen LogP contribution in [0, 0.1) is 6.92 Å². The molecule has 0 saturated carbocycles. The van der Waals surface area contributed by atoms with Crippen LogP contribution >= 0.6 is 0 Å². The summed E-state index contributed by atoms with van der Waals surface area (Å²) in [5.41, 5.74) is 3.83. The second-order valence-electron chi connectivity index (χ2n) is 6.72. The van der Waals surface area contributed by atoms with Gasteiger partial charge in [-0.25, -0.2) is 0 Å². The third-order valence-corrected chi connectivity index (χ3v) is 5.13. The number of hydrogen-bond donors (Lipinski definition) is 0. The Morgan fingerprint density at radius 2 is 0.815 bits per heavy atom. The van der Waals surface area contributed by atoms with Gasteiger partial charge in [-0.1, -0.05) is 105 Å². The van der Waals surface area contributed by atoms with Crippen molar-refractivity contribution in [3.8, 4) is 11.1 Å². The number of rotatable bonds is 1. The lowest BCUT2D eigenvalue weighted by atomic mass is 9.92. The zero-order chi connectivity index (χ0) is 16.8. The molecule has 27 heavy (non-hydrogen) atoms. The topological polar surface area (TPSA) is 0 Å². The van der Waals surface area contributed by atoms with Crippen molar-refractivity contribution in [1.29, 1.82) is 0 Å². The fraction of sp³-hybridized carbons (Fsp3) is 0.111. The Balaban J connectivity index is 0.00000105. The van der Waals surface area contributed by atoms with E-state index in [1.165, 1.54) is 49.0 Å². The van der Waals surface area contributed by atoms with Crippen LogP contribution in [0.2, 0.25) is 0 Å². The standard InChI is InChI=1S/C25H18.2CH4/c1-17-10-12-18(13-11-17)19-14-15-24-22-8-3-2-6-20(22)21-7-4-5-9-23(21)25(24)16-19;;/h2-16H,1H3;2*1H4. The highest BCUT2D eigenvalue weighted by Crippen LogP contribution is 2.36. The van der Waals surface area contributed by atoms with Gasteiger partial charge in [0.1, 0.15) is 0 Å². The molecule has 0 fully saturated rings. The van der Waals surface area contributed by atoms with Crippen molar-refractivity contribution in [2.24, 2.45) is 0 Å². The molecule has 0 heteroatoms. The first-order chi connectivity index (χ1) is 12.3. The molecule has 0 amide bonds. The van der Waals surface area contributed by atoms with E-state index in [1.807, 2.05) is 0 Å². The highest BCUT2D eigenvalue weighted by molar-refractivity contribution is 6.25. The lowest BCUT2D eigenvalue weighted by molar-refractivity contribution is 1.47. The van der Waals surface area contributed by atoms with Crippen molar-refractivity contribution in [2.45, 2.75) is 21.8 Å². The van der Waals surface area contributed by atoms with E-state index in [0.717, 1.165) is 0 Å². The molecule has 0 radical (unpaired) electrons. The Hall–Kier alpha value is -3.12. The third-order valence-electron chi connectivity index (χ3n) is 5.13. The van der Waals surface area contributed by atoms with Crippen LogP contribution in [0.15, 0.2) is 91.0 Å². The minimum absolute atomic E-state index is 0. The van der Waals surface area contributed by atoms with Crippen LogP contribution in [-0.4, -0.2) is 0 Å². The van der Waals surface area contributed by atoms with E-state index in [2.05, 4.69) is 97.9 Å². The van der Waals surface area contributed by atoms with E-state index in [-0.39, 0.29) is 14.9 Å². The van der Waals surface area contributed by atoms with Gasteiger partial charge in [0.2, 0.25) is 0 Å². The van der Waals surface area contributed by atoms with Crippen LogP contribution in [0.4, 0.5) is 0 Å². The molecule has 0 bridgehead atoms. The maximum absolute atomic E-state index is 2.34. The number of aryl methyl sites for hydroxylation is 1. The Labute approximate surface area is 162 Å². The molecule has 0 aliphatic carbocycles. The van der Waals surface area contributed by atoms with Crippen LogP contribution in [0.1, 0.15) is 20.4 Å². The molecule has 0 heterocycles. The van der Waals surface area contributed by atoms with Gasteiger partial charge in [-0.15, -0.1) is 0 Å². The summed E-state index contributed by atoms with van der Waals surface area (Å²) in [5, 5.41) is 7.95. The van der Waals surface area contributed by atoms with E-state index >= 15 is 0 Å². The summed E-state index contributed by atoms with van der Waals surface area (Å²) in [4.78, 5) is 0. The van der Waals surface area contributed by atoms with Crippen molar-refractivity contribution < 1.29 is 0 Å². The average molecular weight is 351 g/mol. The predicted molar refractivity (Wildman–Crippen MR) is 123 cm³/mol. The minimum atomic E-state index is 0. The van der Waals surface area contributed by atoms with E-state index in [1.54, 1.807) is 0 Å². The summed E-state index contributed by atoms with van der Waals surface area (Å²) in [6, 6.07) is 33.1. The van der Waals surface area contributed by atoms with Gasteiger partial charge in [-0.3, -0.25) is 0 Å². The van der Waals surface area contributed by atoms with Crippen molar-refractivity contribution in [3.05, 3.63) is 96.6 Å². The Morgan fingerprint density at radius 3 is 1.33 bits per heavy atom. The van der Waals surface area contributed by atoms with Gasteiger partial charge >= 0.3 is 0 Å².